The van der Waals surface area contributed by atoms with Crippen LogP contribution in [0.15, 0.2) is 67.3 Å². The summed E-state index contributed by atoms with van der Waals surface area (Å²) in [7, 11) is 0. The largest absolute Gasteiger partial charge is 0.423 e. The standard InChI is InChI=1S/C32H39FO2/c1-3-5-7-9-25-18-19-30(22-31(25)33)35-32(34)26-14-12-24(13-15-26)28-17-16-27-20-23(8-6-4-2)10-11-29(27)21-28/h3-5,12-15,18-19,22-23,27-29H,2,6-11,16-17,20-21H2,1H3/b5-3+. The minimum Gasteiger partial charge on any atom is -0.423 e. The predicted molar refractivity (Wildman–Crippen MR) is 141 cm³/mol. The molecule has 2 aliphatic carbocycles. The molecule has 0 bridgehead atoms. The molecule has 35 heavy (non-hydrogen) atoms. The molecule has 2 nitrogen and oxygen atoms in total. The number of rotatable bonds is 9. The van der Waals surface area contributed by atoms with Crippen LogP contribution in [0.25, 0.3) is 0 Å². The summed E-state index contributed by atoms with van der Waals surface area (Å²) in [6, 6.07) is 12.6. The average Bonchev–Trinajstić information content (AvgIpc) is 2.88. The molecule has 4 atom stereocenters. The van der Waals surface area contributed by atoms with Gasteiger partial charge in [0.1, 0.15) is 11.6 Å². The number of hydrogen-bond acceptors (Lipinski definition) is 2. The summed E-state index contributed by atoms with van der Waals surface area (Å²) in [5.74, 6) is 2.66. The van der Waals surface area contributed by atoms with Crippen molar-refractivity contribution in [1.29, 1.82) is 0 Å². The molecular weight excluding hydrogens is 435 g/mol. The Morgan fingerprint density at radius 1 is 1.03 bits per heavy atom. The fraction of sp³-hybridized carbons (Fsp3) is 0.469. The lowest BCUT2D eigenvalue weighted by atomic mass is 9.63. The summed E-state index contributed by atoms with van der Waals surface area (Å²) in [6.07, 6.45) is 17.8. The molecule has 0 spiro atoms. The second-order valence-corrected chi connectivity index (χ2v) is 10.4. The van der Waals surface area contributed by atoms with Gasteiger partial charge in [0, 0.05) is 6.07 Å². The molecule has 3 heteroatoms. The summed E-state index contributed by atoms with van der Waals surface area (Å²) in [5.41, 5.74) is 2.46. The highest BCUT2D eigenvalue weighted by Gasteiger charge is 2.35. The Labute approximate surface area is 210 Å². The van der Waals surface area contributed by atoms with Crippen LogP contribution < -0.4 is 4.74 Å². The highest BCUT2D eigenvalue weighted by molar-refractivity contribution is 5.91. The Balaban J connectivity index is 1.31. The van der Waals surface area contributed by atoms with Crippen LogP contribution in [0.2, 0.25) is 0 Å². The highest BCUT2D eigenvalue weighted by atomic mass is 19.1. The van der Waals surface area contributed by atoms with Gasteiger partial charge in [0.15, 0.2) is 0 Å². The molecule has 0 heterocycles. The lowest BCUT2D eigenvalue weighted by Gasteiger charge is -2.42. The molecule has 4 rings (SSSR count). The van der Waals surface area contributed by atoms with Crippen molar-refractivity contribution < 1.29 is 13.9 Å². The van der Waals surface area contributed by atoms with E-state index in [-0.39, 0.29) is 11.6 Å². The average molecular weight is 475 g/mol. The van der Waals surface area contributed by atoms with E-state index in [0.29, 0.717) is 23.5 Å². The van der Waals surface area contributed by atoms with Gasteiger partial charge in [-0.25, -0.2) is 9.18 Å². The SMILES string of the molecule is C=CCCC1CCC2CC(c3ccc(C(=O)Oc4ccc(CC/C=C/C)c(F)c4)cc3)CCC2C1. The van der Waals surface area contributed by atoms with E-state index in [4.69, 9.17) is 4.74 Å². The maximum atomic E-state index is 14.4. The number of carbonyl (C=O) groups excluding carboxylic acids is 1. The molecule has 4 unspecified atom stereocenters. The number of hydrogen-bond donors (Lipinski definition) is 0. The monoisotopic (exact) mass is 474 g/mol. The van der Waals surface area contributed by atoms with Crippen molar-refractivity contribution in [3.05, 3.63) is 89.8 Å². The van der Waals surface area contributed by atoms with Gasteiger partial charge in [0.05, 0.1) is 5.56 Å². The maximum Gasteiger partial charge on any atom is 0.343 e. The molecule has 2 aromatic carbocycles. The highest BCUT2D eigenvalue weighted by Crippen LogP contribution is 2.48. The number of esters is 1. The van der Waals surface area contributed by atoms with Crippen LogP contribution in [0.1, 0.15) is 92.1 Å². The summed E-state index contributed by atoms with van der Waals surface area (Å²) >= 11 is 0. The molecular formula is C32H39FO2. The van der Waals surface area contributed by atoms with E-state index in [1.165, 1.54) is 56.6 Å². The number of allylic oxidation sites excluding steroid dienone is 3. The van der Waals surface area contributed by atoms with Crippen molar-refractivity contribution in [2.75, 3.05) is 0 Å². The van der Waals surface area contributed by atoms with Gasteiger partial charge < -0.3 is 4.74 Å². The van der Waals surface area contributed by atoms with Crippen LogP contribution in [0.3, 0.4) is 0 Å². The van der Waals surface area contributed by atoms with Crippen molar-refractivity contribution in [2.45, 2.75) is 77.0 Å². The zero-order chi connectivity index (χ0) is 24.6. The van der Waals surface area contributed by atoms with Crippen molar-refractivity contribution >= 4 is 5.97 Å². The summed E-state index contributed by atoms with van der Waals surface area (Å²) in [4.78, 5) is 12.6. The Morgan fingerprint density at radius 2 is 1.80 bits per heavy atom. The lowest BCUT2D eigenvalue weighted by Crippen LogP contribution is -2.30. The van der Waals surface area contributed by atoms with Gasteiger partial charge in [-0.3, -0.25) is 0 Å². The first-order chi connectivity index (χ1) is 17.1. The van der Waals surface area contributed by atoms with Gasteiger partial charge in [0.2, 0.25) is 0 Å². The molecule has 2 aromatic rings. The van der Waals surface area contributed by atoms with Crippen LogP contribution in [0.5, 0.6) is 5.75 Å². The Bertz CT molecular complexity index is 1020. The first-order valence-electron chi connectivity index (χ1n) is 13.4. The van der Waals surface area contributed by atoms with Crippen LogP contribution in [-0.2, 0) is 6.42 Å². The summed E-state index contributed by atoms with van der Waals surface area (Å²) < 4.78 is 19.8. The second-order valence-electron chi connectivity index (χ2n) is 10.4. The fourth-order valence-electron chi connectivity index (χ4n) is 6.16. The fourth-order valence-corrected chi connectivity index (χ4v) is 6.16. The topological polar surface area (TPSA) is 26.3 Å². The van der Waals surface area contributed by atoms with Gasteiger partial charge in [-0.2, -0.15) is 0 Å². The normalized spacial score (nSPS) is 24.2. The molecule has 0 saturated heterocycles. The third-order valence-corrected chi connectivity index (χ3v) is 8.17. The van der Waals surface area contributed by atoms with Crippen molar-refractivity contribution in [2.24, 2.45) is 17.8 Å². The quantitative estimate of drug-likeness (QED) is 0.206. The van der Waals surface area contributed by atoms with Gasteiger partial charge in [0.25, 0.3) is 0 Å². The lowest BCUT2D eigenvalue weighted by molar-refractivity contribution is 0.0734. The van der Waals surface area contributed by atoms with E-state index in [0.717, 1.165) is 30.6 Å². The first-order valence-corrected chi connectivity index (χ1v) is 13.4. The molecule has 0 aliphatic heterocycles. The summed E-state index contributed by atoms with van der Waals surface area (Å²) in [5, 5.41) is 0. The van der Waals surface area contributed by atoms with E-state index in [9.17, 15) is 9.18 Å². The Morgan fingerprint density at radius 3 is 2.54 bits per heavy atom. The molecule has 2 fully saturated rings. The van der Waals surface area contributed by atoms with Crippen LogP contribution >= 0.6 is 0 Å². The smallest absolute Gasteiger partial charge is 0.343 e. The van der Waals surface area contributed by atoms with E-state index < -0.39 is 5.97 Å². The Hall–Kier alpha value is -2.68. The molecule has 0 N–H and O–H groups in total. The zero-order valence-electron chi connectivity index (χ0n) is 21.1. The first kappa shape index (κ1) is 25.4. The second kappa shape index (κ2) is 12.3. The predicted octanol–water partition coefficient (Wildman–Crippen LogP) is 8.82. The van der Waals surface area contributed by atoms with Gasteiger partial charge >= 0.3 is 5.97 Å². The minimum atomic E-state index is -0.445. The van der Waals surface area contributed by atoms with Crippen molar-refractivity contribution in [3.63, 3.8) is 0 Å². The molecule has 0 aromatic heterocycles. The third-order valence-electron chi connectivity index (χ3n) is 8.17. The molecule has 0 amide bonds. The maximum absolute atomic E-state index is 14.4. The van der Waals surface area contributed by atoms with Crippen LogP contribution in [0, 0.1) is 23.6 Å². The van der Waals surface area contributed by atoms with Crippen LogP contribution in [-0.4, -0.2) is 5.97 Å². The molecule has 2 aliphatic rings. The van der Waals surface area contributed by atoms with E-state index in [1.807, 2.05) is 31.2 Å². The minimum absolute atomic E-state index is 0.244. The number of halogens is 1. The number of ether oxygens (including phenoxy) is 1. The van der Waals surface area contributed by atoms with Gasteiger partial charge in [-0.1, -0.05) is 42.8 Å². The molecule has 2 saturated carbocycles. The third kappa shape index (κ3) is 6.72. The van der Waals surface area contributed by atoms with E-state index in [1.54, 1.807) is 12.1 Å². The number of fused-ring (bicyclic) bond motifs is 1. The summed E-state index contributed by atoms with van der Waals surface area (Å²) in [6.45, 7) is 5.83. The van der Waals surface area contributed by atoms with Crippen molar-refractivity contribution in [3.8, 4) is 5.75 Å². The zero-order valence-corrected chi connectivity index (χ0v) is 21.1. The van der Waals surface area contributed by atoms with E-state index in [2.05, 4.69) is 24.8 Å². The van der Waals surface area contributed by atoms with Crippen molar-refractivity contribution in [1.82, 2.24) is 0 Å². The Kier molecular flexibility index (Phi) is 8.95. The molecule has 186 valence electrons. The number of carbonyl (C=O) groups is 1. The van der Waals surface area contributed by atoms with E-state index >= 15 is 0 Å². The molecule has 0 radical (unpaired) electrons. The van der Waals surface area contributed by atoms with Crippen LogP contribution in [0.4, 0.5) is 4.39 Å². The van der Waals surface area contributed by atoms with Gasteiger partial charge in [-0.05, 0) is 118 Å². The number of benzene rings is 2. The van der Waals surface area contributed by atoms with Gasteiger partial charge in [-0.15, -0.1) is 6.58 Å². The number of aryl methyl sites for hydroxylation is 1.